The van der Waals surface area contributed by atoms with E-state index < -0.39 is 41.5 Å². The molecule has 4 aliphatic rings. The first-order chi connectivity index (χ1) is 16.7. The van der Waals surface area contributed by atoms with E-state index in [2.05, 4.69) is 22.5 Å². The highest BCUT2D eigenvalue weighted by molar-refractivity contribution is 9.12. The van der Waals surface area contributed by atoms with Crippen LogP contribution in [0, 0.1) is 17.8 Å². The van der Waals surface area contributed by atoms with Gasteiger partial charge in [-0.3, -0.25) is 19.2 Å². The summed E-state index contributed by atoms with van der Waals surface area (Å²) in [6.07, 6.45) is 5.31. The van der Waals surface area contributed by atoms with Gasteiger partial charge in [0.1, 0.15) is 5.75 Å². The number of nitrogens with two attached hydrogens (primary N) is 1. The first kappa shape index (κ1) is 23.2. The van der Waals surface area contributed by atoms with E-state index in [1.807, 2.05) is 0 Å². The van der Waals surface area contributed by atoms with Gasteiger partial charge in [-0.05, 0) is 46.7 Å². The molecule has 3 aliphatic carbocycles. The predicted molar refractivity (Wildman–Crippen MR) is 128 cm³/mol. The summed E-state index contributed by atoms with van der Waals surface area (Å²) in [6.45, 7) is 3.72. The maximum atomic E-state index is 13.2. The fourth-order valence-corrected chi connectivity index (χ4v) is 6.39. The van der Waals surface area contributed by atoms with Crippen LogP contribution >= 0.6 is 15.9 Å². The number of amides is 4. The van der Waals surface area contributed by atoms with Crippen LogP contribution in [0.1, 0.15) is 29.9 Å². The molecule has 4 amide bonds. The first-order valence-corrected chi connectivity index (χ1v) is 11.9. The number of nitrogens with zero attached hydrogens (tertiary/aromatic N) is 1. The molecule has 0 aromatic heterocycles. The predicted octanol–water partition coefficient (Wildman–Crippen LogP) is 2.96. The molecule has 1 saturated heterocycles. The third-order valence-electron chi connectivity index (χ3n) is 7.38. The van der Waals surface area contributed by atoms with Crippen molar-refractivity contribution >= 4 is 45.3 Å². The number of urea groups is 1. The van der Waals surface area contributed by atoms with Gasteiger partial charge in [0.25, 0.3) is 0 Å². The number of benzene rings is 1. The summed E-state index contributed by atoms with van der Waals surface area (Å²) in [6, 6.07) is 4.06. The summed E-state index contributed by atoms with van der Waals surface area (Å²) in [5.41, 5.74) is 7.53. The summed E-state index contributed by atoms with van der Waals surface area (Å²) in [5, 5.41) is 11.1. The molecule has 0 radical (unpaired) electrons. The Morgan fingerprint density at radius 1 is 1.20 bits per heavy atom. The molecule has 9 heteroatoms. The summed E-state index contributed by atoms with van der Waals surface area (Å²) in [7, 11) is 0. The second-order valence-corrected chi connectivity index (χ2v) is 9.95. The van der Waals surface area contributed by atoms with Crippen molar-refractivity contribution in [1.29, 1.82) is 0 Å². The van der Waals surface area contributed by atoms with Crippen molar-refractivity contribution in [1.82, 2.24) is 4.90 Å². The lowest BCUT2D eigenvalue weighted by atomic mass is 9.59. The zero-order valence-corrected chi connectivity index (χ0v) is 20.1. The van der Waals surface area contributed by atoms with Gasteiger partial charge in [0, 0.05) is 28.7 Å². The Hall–Kier alpha value is -3.59. The van der Waals surface area contributed by atoms with Crippen molar-refractivity contribution in [3.63, 3.8) is 0 Å². The number of halogens is 1. The van der Waals surface area contributed by atoms with E-state index in [-0.39, 0.29) is 45.8 Å². The van der Waals surface area contributed by atoms with Crippen molar-refractivity contribution in [2.75, 3.05) is 0 Å². The Labute approximate surface area is 209 Å². The number of hydrogen-bond acceptors (Lipinski definition) is 6. The highest BCUT2D eigenvalue weighted by Gasteiger charge is 2.57. The molecule has 8 nitrogen and oxygen atoms in total. The van der Waals surface area contributed by atoms with Gasteiger partial charge in [0.05, 0.1) is 16.3 Å². The summed E-state index contributed by atoms with van der Waals surface area (Å²) in [5.74, 6) is -5.17. The lowest BCUT2D eigenvalue weighted by Gasteiger charge is -2.42. The maximum absolute atomic E-state index is 13.2. The summed E-state index contributed by atoms with van der Waals surface area (Å²) < 4.78 is 0.108. The van der Waals surface area contributed by atoms with E-state index in [4.69, 9.17) is 5.73 Å². The van der Waals surface area contributed by atoms with E-state index in [1.165, 1.54) is 6.08 Å². The monoisotopic (exact) mass is 536 g/mol. The number of carbonyl (C=O) groups is 5. The second kappa shape index (κ2) is 8.27. The molecule has 3 N–H and O–H groups in total. The Morgan fingerprint density at radius 2 is 1.94 bits per heavy atom. The number of Topliss-reactive ketones (excluding diaryl/α,β-unsaturated/α-hetero) is 1. The highest BCUT2D eigenvalue weighted by Crippen LogP contribution is 2.56. The van der Waals surface area contributed by atoms with E-state index >= 15 is 0 Å². The molecular formula is C26H21BrN2O6. The van der Waals surface area contributed by atoms with E-state index in [0.717, 1.165) is 0 Å². The lowest BCUT2D eigenvalue weighted by Crippen LogP contribution is -2.42. The molecular weight excluding hydrogens is 516 g/mol. The minimum Gasteiger partial charge on any atom is -0.507 e. The van der Waals surface area contributed by atoms with Crippen molar-refractivity contribution in [2.24, 2.45) is 23.5 Å². The fraction of sp³-hybridized carbons (Fsp3) is 0.269. The maximum Gasteiger partial charge on any atom is 0.328 e. The molecule has 1 fully saturated rings. The van der Waals surface area contributed by atoms with E-state index in [9.17, 15) is 29.1 Å². The average molecular weight is 537 g/mol. The number of para-hydroxylation sites is 1. The SMILES string of the molecule is C=CCc1cccc(C2C3=CCC4C(=O)N(C(N)=O)C(=O)C4C3CC3=C2C(=O)C=C(Br)C3=O)c1O. The Kier molecular flexibility index (Phi) is 5.47. The van der Waals surface area contributed by atoms with Gasteiger partial charge in [-0.2, -0.15) is 4.90 Å². The number of ketones is 2. The van der Waals surface area contributed by atoms with Crippen molar-refractivity contribution < 1.29 is 29.1 Å². The number of phenolic OH excluding ortho intramolecular Hbond substituents is 1. The topological polar surface area (TPSA) is 135 Å². The number of imide groups is 3. The molecule has 4 unspecified atom stereocenters. The molecule has 1 heterocycles. The molecule has 0 saturated carbocycles. The van der Waals surface area contributed by atoms with E-state index in [1.54, 1.807) is 30.4 Å². The zero-order chi connectivity index (χ0) is 25.2. The number of likely N-dealkylation sites (tertiary alicyclic amines) is 1. The van der Waals surface area contributed by atoms with Crippen LogP contribution in [0.25, 0.3) is 0 Å². The van der Waals surface area contributed by atoms with Crippen LogP contribution in [0.5, 0.6) is 5.75 Å². The molecule has 5 rings (SSSR count). The van der Waals surface area contributed by atoms with E-state index in [0.29, 0.717) is 28.0 Å². The molecule has 1 aromatic rings. The quantitative estimate of drug-likeness (QED) is 0.346. The standard InChI is InChI=1S/C26H21BrN2O6/c1-2-4-11-5-3-6-13(22(11)31)19-12-7-8-14-20(25(34)29(24(14)33)26(28)35)15(12)9-16-21(19)18(30)10-17(27)23(16)32/h2-3,5-7,10,14-15,19-20,31H,1,4,8-9H2,(H2,28,35). The number of fused-ring (bicyclic) bond motifs is 3. The third-order valence-corrected chi connectivity index (χ3v) is 7.97. The fourth-order valence-electron chi connectivity index (χ4n) is 5.94. The van der Waals surface area contributed by atoms with Gasteiger partial charge in [-0.15, -0.1) is 6.58 Å². The van der Waals surface area contributed by atoms with Crippen LogP contribution < -0.4 is 5.73 Å². The lowest BCUT2D eigenvalue weighted by molar-refractivity contribution is -0.136. The summed E-state index contributed by atoms with van der Waals surface area (Å²) in [4.78, 5) is 64.7. The molecule has 178 valence electrons. The van der Waals surface area contributed by atoms with Crippen LogP contribution in [-0.4, -0.2) is 39.4 Å². The Balaban J connectivity index is 1.72. The highest BCUT2D eigenvalue weighted by atomic mass is 79.9. The van der Waals surface area contributed by atoms with Crippen LogP contribution in [0.2, 0.25) is 0 Å². The number of primary amides is 1. The number of aromatic hydroxyl groups is 1. The first-order valence-electron chi connectivity index (χ1n) is 11.1. The number of phenols is 1. The smallest absolute Gasteiger partial charge is 0.328 e. The Morgan fingerprint density at radius 3 is 2.63 bits per heavy atom. The molecule has 35 heavy (non-hydrogen) atoms. The number of allylic oxidation sites excluding steroid dienone is 7. The van der Waals surface area contributed by atoms with Gasteiger partial charge in [0.2, 0.25) is 11.8 Å². The van der Waals surface area contributed by atoms with Gasteiger partial charge >= 0.3 is 6.03 Å². The zero-order valence-electron chi connectivity index (χ0n) is 18.5. The molecule has 0 spiro atoms. The molecule has 0 bridgehead atoms. The van der Waals surface area contributed by atoms with Crippen LogP contribution in [0.3, 0.4) is 0 Å². The van der Waals surface area contributed by atoms with Crippen molar-refractivity contribution in [3.05, 3.63) is 75.3 Å². The number of rotatable bonds is 3. The second-order valence-electron chi connectivity index (χ2n) is 9.09. The van der Waals surface area contributed by atoms with Gasteiger partial charge < -0.3 is 10.8 Å². The molecule has 1 aromatic carbocycles. The van der Waals surface area contributed by atoms with Crippen LogP contribution in [0.4, 0.5) is 4.79 Å². The molecule has 1 aliphatic heterocycles. The normalized spacial score (nSPS) is 27.7. The van der Waals surface area contributed by atoms with Crippen LogP contribution in [0.15, 0.2) is 64.2 Å². The van der Waals surface area contributed by atoms with Crippen molar-refractivity contribution in [2.45, 2.75) is 25.2 Å². The third kappa shape index (κ3) is 3.29. The van der Waals surface area contributed by atoms with Crippen LogP contribution in [-0.2, 0) is 25.6 Å². The average Bonchev–Trinajstić information content (AvgIpc) is 3.08. The summed E-state index contributed by atoms with van der Waals surface area (Å²) >= 11 is 3.16. The molecule has 4 atom stereocenters. The minimum absolute atomic E-state index is 0.0191. The number of carbonyl (C=O) groups excluding carboxylic acids is 5. The van der Waals surface area contributed by atoms with Gasteiger partial charge in [-0.1, -0.05) is 35.9 Å². The van der Waals surface area contributed by atoms with Gasteiger partial charge in [0.15, 0.2) is 11.6 Å². The van der Waals surface area contributed by atoms with Crippen molar-refractivity contribution in [3.8, 4) is 5.75 Å². The van der Waals surface area contributed by atoms with Gasteiger partial charge in [-0.25, -0.2) is 4.79 Å². The largest absolute Gasteiger partial charge is 0.507 e. The Bertz CT molecular complexity index is 1350. The number of hydrogen-bond donors (Lipinski definition) is 2. The minimum atomic E-state index is -1.13.